The molecule has 0 aromatic heterocycles. The normalized spacial score (nSPS) is 23.9. The molecule has 138 valence electrons. The Hall–Kier alpha value is -1.40. The van der Waals surface area contributed by atoms with Gasteiger partial charge in [0.05, 0.1) is 18.2 Å². The number of hydrogen-bond acceptors (Lipinski definition) is 4. The van der Waals surface area contributed by atoms with E-state index in [4.69, 9.17) is 4.74 Å². The lowest BCUT2D eigenvalue weighted by Gasteiger charge is -2.38. The molecule has 0 aromatic rings. The maximum atomic E-state index is 11.6. The van der Waals surface area contributed by atoms with E-state index in [1.165, 1.54) is 6.92 Å². The average molecular weight is 340 g/mol. The van der Waals surface area contributed by atoms with E-state index < -0.39 is 12.1 Å². The van der Waals surface area contributed by atoms with Gasteiger partial charge in [-0.1, -0.05) is 27.2 Å². The zero-order valence-corrected chi connectivity index (χ0v) is 15.3. The van der Waals surface area contributed by atoms with Gasteiger partial charge in [-0.2, -0.15) is 0 Å². The predicted molar refractivity (Wildman–Crippen MR) is 93.9 cm³/mol. The highest BCUT2D eigenvalue weighted by molar-refractivity contribution is 5.87. The molecule has 0 unspecified atom stereocenters. The summed E-state index contributed by atoms with van der Waals surface area (Å²) in [6, 6.07) is -0.404. The van der Waals surface area contributed by atoms with E-state index in [2.05, 4.69) is 17.6 Å². The molecular formula is C18H32N2O4. The van der Waals surface area contributed by atoms with Crippen LogP contribution in [0, 0.1) is 0 Å². The number of nitrogens with one attached hydrogen (secondary N) is 2. The van der Waals surface area contributed by atoms with Gasteiger partial charge in [0.1, 0.15) is 0 Å². The second kappa shape index (κ2) is 10.5. The lowest BCUT2D eigenvalue weighted by molar-refractivity contribution is -0.133. The minimum absolute atomic E-state index is 0.0481. The SMILES string of the molecule is CCCCN[C@H]1CC(C(=O)O)=C[C@@H](OC(CC)CC)[C@@H]1NC(C)=O. The molecule has 0 radical (unpaired) electrons. The number of hydrogen-bond donors (Lipinski definition) is 3. The quantitative estimate of drug-likeness (QED) is 0.531. The molecule has 0 saturated carbocycles. The number of carbonyl (C=O) groups is 2. The molecule has 0 aromatic carbocycles. The van der Waals surface area contributed by atoms with Gasteiger partial charge in [0, 0.05) is 18.5 Å². The summed E-state index contributed by atoms with van der Waals surface area (Å²) in [6.07, 6.45) is 5.43. The van der Waals surface area contributed by atoms with Crippen molar-refractivity contribution in [3.63, 3.8) is 0 Å². The fraction of sp³-hybridized carbons (Fsp3) is 0.778. The van der Waals surface area contributed by atoms with Gasteiger partial charge in [0.25, 0.3) is 0 Å². The van der Waals surface area contributed by atoms with Gasteiger partial charge in [-0.05, 0) is 38.3 Å². The van der Waals surface area contributed by atoms with E-state index in [-0.39, 0.29) is 24.1 Å². The van der Waals surface area contributed by atoms with Crippen LogP contribution in [0.25, 0.3) is 0 Å². The molecule has 6 nitrogen and oxygen atoms in total. The smallest absolute Gasteiger partial charge is 0.331 e. The number of carbonyl (C=O) groups excluding carboxylic acids is 1. The zero-order valence-electron chi connectivity index (χ0n) is 15.3. The van der Waals surface area contributed by atoms with Crippen LogP contribution in [0.1, 0.15) is 59.8 Å². The van der Waals surface area contributed by atoms with E-state index in [0.29, 0.717) is 12.0 Å². The Morgan fingerprint density at radius 3 is 2.50 bits per heavy atom. The molecule has 1 aliphatic carbocycles. The fourth-order valence-electron chi connectivity index (χ4n) is 3.03. The van der Waals surface area contributed by atoms with Crippen molar-refractivity contribution in [2.75, 3.05) is 6.54 Å². The standard InChI is InChI=1S/C18H32N2O4/c1-5-8-9-19-15-10-13(18(22)23)11-16(17(15)20-12(4)21)24-14(6-2)7-3/h11,14-17,19H,5-10H2,1-4H3,(H,20,21)(H,22,23)/t15-,16+,17+/m0/s1. The highest BCUT2D eigenvalue weighted by Crippen LogP contribution is 2.24. The Morgan fingerprint density at radius 1 is 1.33 bits per heavy atom. The van der Waals surface area contributed by atoms with Crippen molar-refractivity contribution in [2.24, 2.45) is 0 Å². The molecule has 24 heavy (non-hydrogen) atoms. The van der Waals surface area contributed by atoms with Crippen LogP contribution in [0.3, 0.4) is 0 Å². The van der Waals surface area contributed by atoms with Gasteiger partial charge < -0.3 is 20.5 Å². The monoisotopic (exact) mass is 340 g/mol. The molecule has 0 saturated heterocycles. The summed E-state index contributed by atoms with van der Waals surface area (Å²) in [5, 5.41) is 15.8. The van der Waals surface area contributed by atoms with Crippen LogP contribution in [-0.2, 0) is 14.3 Å². The minimum atomic E-state index is -0.920. The Labute approximate surface area is 145 Å². The number of carboxylic acids is 1. The molecule has 0 aliphatic heterocycles. The fourth-order valence-corrected chi connectivity index (χ4v) is 3.03. The van der Waals surface area contributed by atoms with Crippen LogP contribution < -0.4 is 10.6 Å². The maximum Gasteiger partial charge on any atom is 0.331 e. The summed E-state index contributed by atoms with van der Waals surface area (Å²) in [4.78, 5) is 23.1. The van der Waals surface area contributed by atoms with E-state index in [1.54, 1.807) is 6.08 Å². The first-order valence-corrected chi connectivity index (χ1v) is 9.02. The third-order valence-electron chi connectivity index (χ3n) is 4.43. The first kappa shape index (κ1) is 20.6. The number of rotatable bonds is 10. The zero-order chi connectivity index (χ0) is 18.1. The van der Waals surface area contributed by atoms with Gasteiger partial charge in [0.2, 0.25) is 5.91 Å². The van der Waals surface area contributed by atoms with Crippen LogP contribution in [0.5, 0.6) is 0 Å². The lowest BCUT2D eigenvalue weighted by Crippen LogP contribution is -2.58. The van der Waals surface area contributed by atoms with Gasteiger partial charge in [0.15, 0.2) is 0 Å². The van der Waals surface area contributed by atoms with Crippen molar-refractivity contribution in [2.45, 2.75) is 84.1 Å². The molecule has 1 rings (SSSR count). The lowest BCUT2D eigenvalue weighted by atomic mass is 9.87. The van der Waals surface area contributed by atoms with Crippen molar-refractivity contribution < 1.29 is 19.4 Å². The second-order valence-electron chi connectivity index (χ2n) is 6.38. The Kier molecular flexibility index (Phi) is 9.00. The van der Waals surface area contributed by atoms with Crippen LogP contribution in [0.15, 0.2) is 11.6 Å². The molecule has 3 atom stereocenters. The van der Waals surface area contributed by atoms with E-state index in [0.717, 1.165) is 32.2 Å². The Balaban J connectivity index is 3.02. The Morgan fingerprint density at radius 2 is 2.00 bits per heavy atom. The van der Waals surface area contributed by atoms with Gasteiger partial charge in [-0.3, -0.25) is 4.79 Å². The number of unbranched alkanes of at least 4 members (excludes halogenated alkanes) is 1. The molecular weight excluding hydrogens is 308 g/mol. The molecule has 0 fully saturated rings. The number of aliphatic carboxylic acids is 1. The summed E-state index contributed by atoms with van der Waals surface area (Å²) < 4.78 is 6.13. The number of amides is 1. The summed E-state index contributed by atoms with van der Waals surface area (Å²) in [5.41, 5.74) is 0.349. The molecule has 1 amide bonds. The average Bonchev–Trinajstić information content (AvgIpc) is 2.54. The van der Waals surface area contributed by atoms with E-state index in [1.807, 2.05) is 13.8 Å². The molecule has 0 spiro atoms. The second-order valence-corrected chi connectivity index (χ2v) is 6.38. The molecule has 6 heteroatoms. The third-order valence-corrected chi connectivity index (χ3v) is 4.43. The first-order chi connectivity index (χ1) is 11.4. The van der Waals surface area contributed by atoms with Gasteiger partial charge in [-0.25, -0.2) is 4.79 Å². The van der Waals surface area contributed by atoms with Crippen molar-refractivity contribution >= 4 is 11.9 Å². The number of ether oxygens (including phenoxy) is 1. The summed E-state index contributed by atoms with van der Waals surface area (Å²) in [5.74, 6) is -1.05. The van der Waals surface area contributed by atoms with Gasteiger partial charge >= 0.3 is 5.97 Å². The highest BCUT2D eigenvalue weighted by atomic mass is 16.5. The van der Waals surface area contributed by atoms with Crippen LogP contribution >= 0.6 is 0 Å². The first-order valence-electron chi connectivity index (χ1n) is 9.02. The van der Waals surface area contributed by atoms with Crippen molar-refractivity contribution in [3.8, 4) is 0 Å². The summed E-state index contributed by atoms with van der Waals surface area (Å²) in [7, 11) is 0. The molecule has 0 bridgehead atoms. The highest BCUT2D eigenvalue weighted by Gasteiger charge is 2.37. The van der Waals surface area contributed by atoms with Crippen molar-refractivity contribution in [1.29, 1.82) is 0 Å². The van der Waals surface area contributed by atoms with Crippen LogP contribution in [0.2, 0.25) is 0 Å². The molecule has 1 aliphatic rings. The predicted octanol–water partition coefficient (Wildman–Crippen LogP) is 2.24. The number of carboxylic acid groups (broad SMARTS) is 1. The van der Waals surface area contributed by atoms with Gasteiger partial charge in [-0.15, -0.1) is 0 Å². The topological polar surface area (TPSA) is 87.7 Å². The summed E-state index contributed by atoms with van der Waals surface area (Å²) >= 11 is 0. The van der Waals surface area contributed by atoms with E-state index >= 15 is 0 Å². The Bertz CT molecular complexity index is 446. The van der Waals surface area contributed by atoms with Crippen LogP contribution in [-0.4, -0.2) is 47.8 Å². The van der Waals surface area contributed by atoms with Crippen molar-refractivity contribution in [3.05, 3.63) is 11.6 Å². The molecule has 0 heterocycles. The van der Waals surface area contributed by atoms with E-state index in [9.17, 15) is 14.7 Å². The largest absolute Gasteiger partial charge is 0.478 e. The minimum Gasteiger partial charge on any atom is -0.478 e. The summed E-state index contributed by atoms with van der Waals surface area (Å²) in [6.45, 7) is 8.47. The molecule has 3 N–H and O–H groups in total. The third kappa shape index (κ3) is 6.24. The maximum absolute atomic E-state index is 11.6. The van der Waals surface area contributed by atoms with Crippen LogP contribution in [0.4, 0.5) is 0 Å². The van der Waals surface area contributed by atoms with Crippen molar-refractivity contribution in [1.82, 2.24) is 10.6 Å².